The first-order valence-corrected chi connectivity index (χ1v) is 8.36. The summed E-state index contributed by atoms with van der Waals surface area (Å²) in [7, 11) is 0. The van der Waals surface area contributed by atoms with Gasteiger partial charge in [0.15, 0.2) is 0 Å². The van der Waals surface area contributed by atoms with E-state index < -0.39 is 0 Å². The smallest absolute Gasteiger partial charge is 0.0544 e. The average Bonchev–Trinajstić information content (AvgIpc) is 2.53. The van der Waals surface area contributed by atoms with Crippen LogP contribution in [0.2, 0.25) is 0 Å². The molecule has 0 aliphatic heterocycles. The first kappa shape index (κ1) is 14.9. The Balaban J connectivity index is 2.23. The van der Waals surface area contributed by atoms with Crippen molar-refractivity contribution in [1.82, 2.24) is 0 Å². The van der Waals surface area contributed by atoms with Crippen LogP contribution in [0.3, 0.4) is 0 Å². The van der Waals surface area contributed by atoms with Crippen molar-refractivity contribution in [1.29, 1.82) is 0 Å². The Bertz CT molecular complexity index is 1080. The lowest BCUT2D eigenvalue weighted by atomic mass is 9.82. The third kappa shape index (κ3) is 2.06. The lowest BCUT2D eigenvalue weighted by molar-refractivity contribution is 0.591. The molecule has 2 nitrogen and oxygen atoms in total. The summed E-state index contributed by atoms with van der Waals surface area (Å²) in [4.78, 5) is 0. The van der Waals surface area contributed by atoms with E-state index in [0.717, 1.165) is 5.56 Å². The van der Waals surface area contributed by atoms with E-state index in [2.05, 4.69) is 75.3 Å². The molecule has 0 amide bonds. The molecular formula is C22H22N2. The second kappa shape index (κ2) is 4.94. The van der Waals surface area contributed by atoms with E-state index in [4.69, 9.17) is 5.84 Å². The summed E-state index contributed by atoms with van der Waals surface area (Å²) in [6.07, 6.45) is 1.75. The predicted molar refractivity (Wildman–Crippen MR) is 105 cm³/mol. The summed E-state index contributed by atoms with van der Waals surface area (Å²) in [6, 6.07) is 15.8. The molecule has 0 atom stereocenters. The van der Waals surface area contributed by atoms with Gasteiger partial charge in [0.25, 0.3) is 0 Å². The van der Waals surface area contributed by atoms with E-state index in [-0.39, 0.29) is 5.41 Å². The number of hydrogen-bond donors (Lipinski definition) is 1. The van der Waals surface area contributed by atoms with E-state index in [9.17, 15) is 0 Å². The Hall–Kier alpha value is -2.61. The molecule has 4 aromatic rings. The molecule has 0 fully saturated rings. The standard InChI is InChI=1S/C22H22N2/c1-13-9-16(12-24-23)19-8-6-15-11-17(22(2,3)4)10-14-5-7-18(13)21(19)20(14)15/h5-12H,23H2,1-4H3/b24-12+. The Morgan fingerprint density at radius 1 is 0.875 bits per heavy atom. The molecule has 2 heteroatoms. The lowest BCUT2D eigenvalue weighted by Crippen LogP contribution is -2.10. The van der Waals surface area contributed by atoms with Crippen LogP contribution in [0.1, 0.15) is 37.5 Å². The van der Waals surface area contributed by atoms with Crippen LogP contribution in [0.4, 0.5) is 0 Å². The zero-order chi connectivity index (χ0) is 17.1. The highest BCUT2D eigenvalue weighted by Crippen LogP contribution is 2.39. The molecule has 0 bridgehead atoms. The van der Waals surface area contributed by atoms with Gasteiger partial charge in [-0.05, 0) is 61.8 Å². The molecule has 0 saturated carbocycles. The molecule has 0 saturated heterocycles. The van der Waals surface area contributed by atoms with Crippen molar-refractivity contribution < 1.29 is 0 Å². The Morgan fingerprint density at radius 3 is 2.08 bits per heavy atom. The van der Waals surface area contributed by atoms with Gasteiger partial charge < -0.3 is 5.84 Å². The monoisotopic (exact) mass is 314 g/mol. The number of hydrazone groups is 1. The molecule has 0 aromatic heterocycles. The fourth-order valence-electron chi connectivity index (χ4n) is 3.74. The van der Waals surface area contributed by atoms with Gasteiger partial charge in [0.2, 0.25) is 0 Å². The van der Waals surface area contributed by atoms with Gasteiger partial charge in [0, 0.05) is 5.56 Å². The van der Waals surface area contributed by atoms with Gasteiger partial charge in [0.1, 0.15) is 0 Å². The number of aryl methyl sites for hydroxylation is 1. The number of hydrogen-bond acceptors (Lipinski definition) is 2. The van der Waals surface area contributed by atoms with E-state index >= 15 is 0 Å². The van der Waals surface area contributed by atoms with Crippen LogP contribution < -0.4 is 5.84 Å². The summed E-state index contributed by atoms with van der Waals surface area (Å²) in [6.45, 7) is 8.94. The van der Waals surface area contributed by atoms with Crippen LogP contribution in [0.15, 0.2) is 47.6 Å². The fraction of sp³-hybridized carbons (Fsp3) is 0.227. The van der Waals surface area contributed by atoms with Crippen LogP contribution in [0, 0.1) is 6.92 Å². The van der Waals surface area contributed by atoms with E-state index in [0.29, 0.717) is 0 Å². The molecule has 24 heavy (non-hydrogen) atoms. The first-order valence-electron chi connectivity index (χ1n) is 8.36. The molecule has 0 aliphatic rings. The fourth-order valence-corrected chi connectivity index (χ4v) is 3.74. The minimum Gasteiger partial charge on any atom is -0.323 e. The summed E-state index contributed by atoms with van der Waals surface area (Å²) in [5.74, 6) is 5.42. The van der Waals surface area contributed by atoms with Crippen LogP contribution in [-0.4, -0.2) is 6.21 Å². The molecule has 0 spiro atoms. The van der Waals surface area contributed by atoms with Crippen LogP contribution in [-0.2, 0) is 5.41 Å². The molecular weight excluding hydrogens is 292 g/mol. The highest BCUT2D eigenvalue weighted by atomic mass is 15.1. The second-order valence-electron chi connectivity index (χ2n) is 7.71. The van der Waals surface area contributed by atoms with E-state index in [1.165, 1.54) is 43.4 Å². The van der Waals surface area contributed by atoms with Crippen molar-refractivity contribution in [2.75, 3.05) is 0 Å². The van der Waals surface area contributed by atoms with Crippen molar-refractivity contribution in [3.8, 4) is 0 Å². The minimum atomic E-state index is 0.137. The van der Waals surface area contributed by atoms with Gasteiger partial charge in [-0.15, -0.1) is 0 Å². The van der Waals surface area contributed by atoms with Crippen molar-refractivity contribution in [2.45, 2.75) is 33.1 Å². The summed E-state index contributed by atoms with van der Waals surface area (Å²) < 4.78 is 0. The van der Waals surface area contributed by atoms with Crippen LogP contribution in [0.5, 0.6) is 0 Å². The van der Waals surface area contributed by atoms with Gasteiger partial charge in [-0.1, -0.05) is 57.2 Å². The Kier molecular flexibility index (Phi) is 3.08. The van der Waals surface area contributed by atoms with Crippen LogP contribution >= 0.6 is 0 Å². The second-order valence-corrected chi connectivity index (χ2v) is 7.71. The highest BCUT2D eigenvalue weighted by molar-refractivity contribution is 6.26. The van der Waals surface area contributed by atoms with Crippen molar-refractivity contribution in [3.63, 3.8) is 0 Å². The summed E-state index contributed by atoms with van der Waals surface area (Å²) in [5, 5.41) is 11.5. The molecule has 0 radical (unpaired) electrons. The number of nitrogens with two attached hydrogens (primary N) is 1. The summed E-state index contributed by atoms with van der Waals surface area (Å²) in [5.41, 5.74) is 3.84. The summed E-state index contributed by atoms with van der Waals surface area (Å²) >= 11 is 0. The predicted octanol–water partition coefficient (Wildman–Crippen LogP) is 5.48. The molecule has 4 aromatic carbocycles. The molecule has 0 aliphatic carbocycles. The third-order valence-corrected chi connectivity index (χ3v) is 5.03. The Labute approximate surface area is 142 Å². The zero-order valence-corrected chi connectivity index (χ0v) is 14.6. The van der Waals surface area contributed by atoms with Gasteiger partial charge in [0.05, 0.1) is 6.21 Å². The quantitative estimate of drug-likeness (QED) is 0.215. The van der Waals surface area contributed by atoms with Gasteiger partial charge in [-0.25, -0.2) is 0 Å². The highest BCUT2D eigenvalue weighted by Gasteiger charge is 2.18. The van der Waals surface area contributed by atoms with Crippen LogP contribution in [0.25, 0.3) is 32.3 Å². The maximum Gasteiger partial charge on any atom is 0.0544 e. The van der Waals surface area contributed by atoms with E-state index in [1.54, 1.807) is 6.21 Å². The van der Waals surface area contributed by atoms with Crippen molar-refractivity contribution in [2.24, 2.45) is 10.9 Å². The number of nitrogens with zero attached hydrogens (tertiary/aromatic N) is 1. The lowest BCUT2D eigenvalue weighted by Gasteiger charge is -2.22. The largest absolute Gasteiger partial charge is 0.323 e. The molecule has 0 heterocycles. The first-order chi connectivity index (χ1) is 11.4. The molecule has 2 N–H and O–H groups in total. The minimum absolute atomic E-state index is 0.137. The molecule has 120 valence electrons. The third-order valence-electron chi connectivity index (χ3n) is 5.03. The average molecular weight is 314 g/mol. The van der Waals surface area contributed by atoms with Gasteiger partial charge in [-0.3, -0.25) is 0 Å². The number of benzene rings is 4. The topological polar surface area (TPSA) is 38.4 Å². The Morgan fingerprint density at radius 2 is 1.50 bits per heavy atom. The van der Waals surface area contributed by atoms with E-state index in [1.807, 2.05) is 0 Å². The van der Waals surface area contributed by atoms with Crippen molar-refractivity contribution >= 4 is 38.5 Å². The molecule has 0 unspecified atom stereocenters. The number of rotatable bonds is 1. The van der Waals surface area contributed by atoms with Gasteiger partial charge >= 0.3 is 0 Å². The SMILES string of the molecule is Cc1cc(/C=N/N)c2ccc3cc(C(C)(C)C)cc4ccc1c2c43. The van der Waals surface area contributed by atoms with Gasteiger partial charge in [-0.2, -0.15) is 5.10 Å². The maximum atomic E-state index is 5.42. The molecule has 4 rings (SSSR count). The normalized spacial score (nSPS) is 13.0. The maximum absolute atomic E-state index is 5.42. The van der Waals surface area contributed by atoms with Crippen molar-refractivity contribution in [3.05, 3.63) is 59.2 Å². The zero-order valence-electron chi connectivity index (χ0n) is 14.6.